The van der Waals surface area contributed by atoms with Crippen molar-refractivity contribution in [3.63, 3.8) is 0 Å². The summed E-state index contributed by atoms with van der Waals surface area (Å²) >= 11 is 0. The second-order valence-electron chi connectivity index (χ2n) is 8.69. The minimum atomic E-state index is -0.588. The summed E-state index contributed by atoms with van der Waals surface area (Å²) in [5.74, 6) is -0.146. The van der Waals surface area contributed by atoms with Crippen molar-refractivity contribution in [2.24, 2.45) is 0 Å². The van der Waals surface area contributed by atoms with Gasteiger partial charge in [-0.3, -0.25) is 14.0 Å². The number of hydrogen-bond acceptors (Lipinski definition) is 6. The second-order valence-corrected chi connectivity index (χ2v) is 8.69. The standard InChI is InChI=1S/C26H27N5O3/c1-16-7-9-21(10-8-16)28-25(32)20(13-27)12-22-24(30-14-18(3)34-19(4)15-30)29-23-17(2)6-5-11-31(23)26(22)33/h5-12,18-19H,14-15H2,1-4H3,(H,28,32). The average Bonchev–Trinajstić information content (AvgIpc) is 2.79. The average molecular weight is 458 g/mol. The molecule has 1 aliphatic heterocycles. The van der Waals surface area contributed by atoms with Gasteiger partial charge in [-0.2, -0.15) is 5.26 Å². The third kappa shape index (κ3) is 4.70. The molecule has 1 aromatic carbocycles. The molecule has 1 saturated heterocycles. The molecule has 1 amide bonds. The number of nitriles is 1. The maximum absolute atomic E-state index is 13.6. The molecule has 4 rings (SSSR count). The molecular weight excluding hydrogens is 430 g/mol. The Morgan fingerprint density at radius 1 is 1.18 bits per heavy atom. The Balaban J connectivity index is 1.83. The van der Waals surface area contributed by atoms with E-state index in [9.17, 15) is 14.9 Å². The molecule has 1 N–H and O–H groups in total. The number of fused-ring (bicyclic) bond motifs is 1. The lowest BCUT2D eigenvalue weighted by Gasteiger charge is -2.36. The van der Waals surface area contributed by atoms with Crippen LogP contribution in [-0.4, -0.2) is 40.6 Å². The van der Waals surface area contributed by atoms with Gasteiger partial charge in [0, 0.05) is 25.0 Å². The first-order chi connectivity index (χ1) is 16.3. The molecule has 174 valence electrons. The van der Waals surface area contributed by atoms with Gasteiger partial charge in [-0.1, -0.05) is 23.8 Å². The minimum Gasteiger partial charge on any atom is -0.372 e. The summed E-state index contributed by atoms with van der Waals surface area (Å²) in [5.41, 5.74) is 2.68. The predicted molar refractivity (Wildman–Crippen MR) is 132 cm³/mol. The second kappa shape index (κ2) is 9.49. The molecule has 0 aliphatic carbocycles. The van der Waals surface area contributed by atoms with Gasteiger partial charge < -0.3 is 15.0 Å². The smallest absolute Gasteiger partial charge is 0.267 e. The quantitative estimate of drug-likeness (QED) is 0.476. The van der Waals surface area contributed by atoms with Gasteiger partial charge in [0.15, 0.2) is 0 Å². The van der Waals surface area contributed by atoms with E-state index in [1.54, 1.807) is 24.4 Å². The van der Waals surface area contributed by atoms with E-state index in [4.69, 9.17) is 9.72 Å². The first-order valence-electron chi connectivity index (χ1n) is 11.2. The van der Waals surface area contributed by atoms with Gasteiger partial charge >= 0.3 is 0 Å². The summed E-state index contributed by atoms with van der Waals surface area (Å²) in [6, 6.07) is 12.9. The molecule has 8 heteroatoms. The van der Waals surface area contributed by atoms with E-state index in [1.807, 2.05) is 56.9 Å². The van der Waals surface area contributed by atoms with E-state index in [0.717, 1.165) is 11.1 Å². The predicted octanol–water partition coefficient (Wildman–Crippen LogP) is 3.47. The molecule has 3 heterocycles. The Kier molecular flexibility index (Phi) is 6.48. The monoisotopic (exact) mass is 457 g/mol. The number of ether oxygens (including phenoxy) is 1. The van der Waals surface area contributed by atoms with E-state index in [-0.39, 0.29) is 28.9 Å². The Labute approximate surface area is 198 Å². The Morgan fingerprint density at radius 3 is 2.50 bits per heavy atom. The van der Waals surface area contributed by atoms with E-state index in [2.05, 4.69) is 5.32 Å². The van der Waals surface area contributed by atoms with Gasteiger partial charge in [-0.25, -0.2) is 4.98 Å². The lowest BCUT2D eigenvalue weighted by molar-refractivity contribution is -0.112. The number of rotatable bonds is 4. The van der Waals surface area contributed by atoms with Crippen LogP contribution in [0.2, 0.25) is 0 Å². The lowest BCUT2D eigenvalue weighted by Crippen LogP contribution is -2.46. The highest BCUT2D eigenvalue weighted by Crippen LogP contribution is 2.24. The number of pyridine rings is 1. The van der Waals surface area contributed by atoms with Crippen molar-refractivity contribution in [2.75, 3.05) is 23.3 Å². The van der Waals surface area contributed by atoms with Crippen molar-refractivity contribution >= 4 is 29.1 Å². The fraction of sp³-hybridized carbons (Fsp3) is 0.308. The molecule has 1 aliphatic rings. The number of morpholine rings is 1. The minimum absolute atomic E-state index is 0.0574. The molecule has 1 fully saturated rings. The fourth-order valence-electron chi connectivity index (χ4n) is 4.15. The summed E-state index contributed by atoms with van der Waals surface area (Å²) in [4.78, 5) is 33.3. The lowest BCUT2D eigenvalue weighted by atomic mass is 10.1. The van der Waals surface area contributed by atoms with Gasteiger partial charge in [0.1, 0.15) is 23.1 Å². The SMILES string of the molecule is Cc1ccc(NC(=O)C(C#N)=Cc2c(N3CC(C)OC(C)C3)nc3c(C)cccn3c2=O)cc1. The van der Waals surface area contributed by atoms with Gasteiger partial charge in [0.05, 0.1) is 17.8 Å². The number of aryl methyl sites for hydroxylation is 2. The molecule has 8 nitrogen and oxygen atoms in total. The van der Waals surface area contributed by atoms with E-state index >= 15 is 0 Å². The molecule has 0 bridgehead atoms. The third-order valence-corrected chi connectivity index (χ3v) is 5.75. The topological polar surface area (TPSA) is 99.7 Å². The zero-order valence-electron chi connectivity index (χ0n) is 19.7. The highest BCUT2D eigenvalue weighted by Gasteiger charge is 2.27. The Morgan fingerprint density at radius 2 is 1.85 bits per heavy atom. The van der Waals surface area contributed by atoms with Crippen LogP contribution in [-0.2, 0) is 9.53 Å². The summed E-state index contributed by atoms with van der Waals surface area (Å²) in [6.07, 6.45) is 2.87. The van der Waals surface area contributed by atoms with Crippen LogP contribution in [0.5, 0.6) is 0 Å². The highest BCUT2D eigenvalue weighted by atomic mass is 16.5. The van der Waals surface area contributed by atoms with Crippen LogP contribution in [0.25, 0.3) is 11.7 Å². The fourth-order valence-corrected chi connectivity index (χ4v) is 4.15. The van der Waals surface area contributed by atoms with Crippen LogP contribution in [0.3, 0.4) is 0 Å². The van der Waals surface area contributed by atoms with Crippen LogP contribution in [0.4, 0.5) is 11.5 Å². The first-order valence-corrected chi connectivity index (χ1v) is 11.2. The van der Waals surface area contributed by atoms with Crippen molar-refractivity contribution in [3.05, 3.63) is 75.2 Å². The number of nitrogens with one attached hydrogen (secondary N) is 1. The maximum Gasteiger partial charge on any atom is 0.267 e. The summed E-state index contributed by atoms with van der Waals surface area (Å²) < 4.78 is 7.30. The van der Waals surface area contributed by atoms with Crippen LogP contribution in [0, 0.1) is 25.2 Å². The van der Waals surface area contributed by atoms with E-state index in [0.29, 0.717) is 30.2 Å². The molecule has 34 heavy (non-hydrogen) atoms. The van der Waals surface area contributed by atoms with Crippen LogP contribution < -0.4 is 15.8 Å². The largest absolute Gasteiger partial charge is 0.372 e. The van der Waals surface area contributed by atoms with Gasteiger partial charge in [0.2, 0.25) is 0 Å². The van der Waals surface area contributed by atoms with Crippen LogP contribution in [0.1, 0.15) is 30.5 Å². The third-order valence-electron chi connectivity index (χ3n) is 5.75. The number of amides is 1. The maximum atomic E-state index is 13.6. The van der Waals surface area contributed by atoms with E-state index < -0.39 is 5.91 Å². The van der Waals surface area contributed by atoms with Crippen molar-refractivity contribution in [3.8, 4) is 6.07 Å². The number of benzene rings is 1. The Hall–Kier alpha value is -3.96. The van der Waals surface area contributed by atoms with Crippen LogP contribution in [0.15, 0.2) is 53.0 Å². The van der Waals surface area contributed by atoms with Gasteiger partial charge in [-0.05, 0) is 57.5 Å². The molecule has 0 radical (unpaired) electrons. The summed E-state index contributed by atoms with van der Waals surface area (Å²) in [5, 5.41) is 12.5. The van der Waals surface area contributed by atoms with Gasteiger partial charge in [-0.15, -0.1) is 0 Å². The molecule has 0 saturated carbocycles. The van der Waals surface area contributed by atoms with Crippen molar-refractivity contribution in [1.29, 1.82) is 5.26 Å². The molecular formula is C26H27N5O3. The van der Waals surface area contributed by atoms with E-state index in [1.165, 1.54) is 10.5 Å². The van der Waals surface area contributed by atoms with Crippen LogP contribution >= 0.6 is 0 Å². The number of anilines is 2. The number of hydrogen-bond donors (Lipinski definition) is 1. The van der Waals surface area contributed by atoms with Crippen molar-refractivity contribution in [2.45, 2.75) is 39.9 Å². The van der Waals surface area contributed by atoms with Gasteiger partial charge in [0.25, 0.3) is 11.5 Å². The molecule has 2 aromatic heterocycles. The van der Waals surface area contributed by atoms with Crippen molar-refractivity contribution in [1.82, 2.24) is 9.38 Å². The number of carbonyl (C=O) groups is 1. The highest BCUT2D eigenvalue weighted by molar-refractivity contribution is 6.10. The number of aromatic nitrogens is 2. The zero-order valence-corrected chi connectivity index (χ0v) is 19.7. The summed E-state index contributed by atoms with van der Waals surface area (Å²) in [7, 11) is 0. The summed E-state index contributed by atoms with van der Waals surface area (Å²) in [6.45, 7) is 8.85. The molecule has 2 unspecified atom stereocenters. The number of carbonyl (C=O) groups excluding carboxylic acids is 1. The normalized spacial score (nSPS) is 18.6. The Bertz CT molecular complexity index is 1360. The molecule has 0 spiro atoms. The van der Waals surface area contributed by atoms with Crippen molar-refractivity contribution < 1.29 is 9.53 Å². The first kappa shape index (κ1) is 23.2. The molecule has 2 atom stereocenters. The molecule has 3 aromatic rings. The number of nitrogens with zero attached hydrogens (tertiary/aromatic N) is 4. The zero-order chi connectivity index (χ0) is 24.4.